The van der Waals surface area contributed by atoms with Gasteiger partial charge >= 0.3 is 0 Å². The molecule has 0 aromatic heterocycles. The molecule has 0 amide bonds. The number of nitrogens with one attached hydrogen (secondary N) is 1. The Labute approximate surface area is 112 Å². The van der Waals surface area contributed by atoms with Gasteiger partial charge in [0.1, 0.15) is 0 Å². The molecule has 94 valence electrons. The van der Waals surface area contributed by atoms with Gasteiger partial charge in [-0.05, 0) is 37.5 Å². The minimum absolute atomic E-state index is 0.182. The summed E-state index contributed by atoms with van der Waals surface area (Å²) in [6.07, 6.45) is 4.21. The van der Waals surface area contributed by atoms with Crippen LogP contribution in [0.15, 0.2) is 28.7 Å². The zero-order valence-electron chi connectivity index (χ0n) is 10.2. The Morgan fingerprint density at radius 3 is 2.82 bits per heavy atom. The molecule has 0 heterocycles. The normalized spacial score (nSPS) is 26.8. The van der Waals surface area contributed by atoms with Gasteiger partial charge in [-0.15, -0.1) is 0 Å². The zero-order valence-corrected chi connectivity index (χ0v) is 11.8. The Bertz CT molecular complexity index is 369. The maximum absolute atomic E-state index is 9.95. The molecule has 1 aromatic rings. The summed E-state index contributed by atoms with van der Waals surface area (Å²) >= 11 is 3.49. The highest BCUT2D eigenvalue weighted by Crippen LogP contribution is 2.23. The average Bonchev–Trinajstić information content (AvgIpc) is 2.32. The van der Waals surface area contributed by atoms with Crippen LogP contribution in [0.3, 0.4) is 0 Å². The largest absolute Gasteiger partial charge is 0.392 e. The summed E-state index contributed by atoms with van der Waals surface area (Å²) in [7, 11) is 0. The molecule has 1 aliphatic carbocycles. The maximum Gasteiger partial charge on any atom is 0.0693 e. The van der Waals surface area contributed by atoms with Gasteiger partial charge in [0, 0.05) is 16.6 Å². The third kappa shape index (κ3) is 3.54. The van der Waals surface area contributed by atoms with Crippen molar-refractivity contribution in [3.63, 3.8) is 0 Å². The van der Waals surface area contributed by atoms with E-state index in [0.717, 1.165) is 23.7 Å². The summed E-state index contributed by atoms with van der Waals surface area (Å²) in [5.41, 5.74) is 1.26. The van der Waals surface area contributed by atoms with Gasteiger partial charge in [-0.25, -0.2) is 0 Å². The molecular formula is C14H20BrNO. The fraction of sp³-hybridized carbons (Fsp3) is 0.571. The van der Waals surface area contributed by atoms with Crippen LogP contribution in [0, 0.1) is 0 Å². The molecule has 0 bridgehead atoms. The Morgan fingerprint density at radius 2 is 2.12 bits per heavy atom. The van der Waals surface area contributed by atoms with E-state index >= 15 is 0 Å². The molecule has 0 aliphatic heterocycles. The Morgan fingerprint density at radius 1 is 1.35 bits per heavy atom. The molecule has 0 unspecified atom stereocenters. The third-order valence-electron chi connectivity index (χ3n) is 3.54. The molecule has 17 heavy (non-hydrogen) atoms. The SMILES string of the molecule is C[C@H](N[C@@H]1CCCC[C@H]1O)c1cccc(Br)c1. The predicted molar refractivity (Wildman–Crippen MR) is 74.0 cm³/mol. The van der Waals surface area contributed by atoms with Crippen LogP contribution in [0.5, 0.6) is 0 Å². The number of halogens is 1. The number of benzene rings is 1. The summed E-state index contributed by atoms with van der Waals surface area (Å²) < 4.78 is 1.10. The molecule has 2 nitrogen and oxygen atoms in total. The molecule has 1 saturated carbocycles. The number of aliphatic hydroxyl groups is 1. The first-order chi connectivity index (χ1) is 8.16. The van der Waals surface area contributed by atoms with Crippen molar-refractivity contribution in [3.8, 4) is 0 Å². The molecule has 2 N–H and O–H groups in total. The molecule has 0 saturated heterocycles. The molecular weight excluding hydrogens is 278 g/mol. The molecule has 3 atom stereocenters. The highest BCUT2D eigenvalue weighted by atomic mass is 79.9. The van der Waals surface area contributed by atoms with E-state index < -0.39 is 0 Å². The van der Waals surface area contributed by atoms with Gasteiger partial charge in [0.05, 0.1) is 6.10 Å². The molecule has 2 rings (SSSR count). The fourth-order valence-corrected chi connectivity index (χ4v) is 2.92. The van der Waals surface area contributed by atoms with Gasteiger partial charge < -0.3 is 10.4 Å². The summed E-state index contributed by atoms with van der Waals surface area (Å²) in [5, 5.41) is 13.5. The quantitative estimate of drug-likeness (QED) is 0.896. The lowest BCUT2D eigenvalue weighted by atomic mass is 9.91. The highest BCUT2D eigenvalue weighted by molar-refractivity contribution is 9.10. The van der Waals surface area contributed by atoms with Crippen LogP contribution in [0.1, 0.15) is 44.2 Å². The van der Waals surface area contributed by atoms with Crippen molar-refractivity contribution in [1.82, 2.24) is 5.32 Å². The van der Waals surface area contributed by atoms with Crippen LogP contribution < -0.4 is 5.32 Å². The van der Waals surface area contributed by atoms with E-state index in [-0.39, 0.29) is 18.2 Å². The lowest BCUT2D eigenvalue weighted by molar-refractivity contribution is 0.0860. The fourth-order valence-electron chi connectivity index (χ4n) is 2.50. The molecule has 1 fully saturated rings. The van der Waals surface area contributed by atoms with Crippen LogP contribution in [0.4, 0.5) is 0 Å². The van der Waals surface area contributed by atoms with E-state index in [1.807, 2.05) is 6.07 Å². The lowest BCUT2D eigenvalue weighted by Crippen LogP contribution is -2.43. The van der Waals surface area contributed by atoms with Crippen LogP contribution >= 0.6 is 15.9 Å². The molecule has 1 aromatic carbocycles. The van der Waals surface area contributed by atoms with E-state index in [9.17, 15) is 5.11 Å². The first-order valence-corrected chi connectivity index (χ1v) is 7.15. The smallest absolute Gasteiger partial charge is 0.0693 e. The molecule has 3 heteroatoms. The van der Waals surface area contributed by atoms with Crippen LogP contribution in [0.25, 0.3) is 0 Å². The van der Waals surface area contributed by atoms with Crippen LogP contribution in [-0.4, -0.2) is 17.3 Å². The third-order valence-corrected chi connectivity index (χ3v) is 4.04. The van der Waals surface area contributed by atoms with E-state index in [0.29, 0.717) is 0 Å². The monoisotopic (exact) mass is 297 g/mol. The molecule has 0 radical (unpaired) electrons. The lowest BCUT2D eigenvalue weighted by Gasteiger charge is -2.31. The van der Waals surface area contributed by atoms with Crippen molar-refractivity contribution >= 4 is 15.9 Å². The minimum atomic E-state index is -0.182. The second-order valence-corrected chi connectivity index (χ2v) is 5.82. The van der Waals surface area contributed by atoms with Crippen molar-refractivity contribution < 1.29 is 5.11 Å². The minimum Gasteiger partial charge on any atom is -0.392 e. The van der Waals surface area contributed by atoms with Gasteiger partial charge in [0.2, 0.25) is 0 Å². The predicted octanol–water partition coefficient (Wildman–Crippen LogP) is 3.40. The Balaban J connectivity index is 1.98. The van der Waals surface area contributed by atoms with Crippen molar-refractivity contribution in [1.29, 1.82) is 0 Å². The average molecular weight is 298 g/mol. The summed E-state index contributed by atoms with van der Waals surface area (Å²) in [6, 6.07) is 8.87. The van der Waals surface area contributed by atoms with Crippen molar-refractivity contribution in [2.75, 3.05) is 0 Å². The number of rotatable bonds is 3. The Kier molecular flexibility index (Phi) is 4.60. The second kappa shape index (κ2) is 5.98. The zero-order chi connectivity index (χ0) is 12.3. The maximum atomic E-state index is 9.95. The Hall–Kier alpha value is -0.380. The van der Waals surface area contributed by atoms with E-state index in [4.69, 9.17) is 0 Å². The molecule has 1 aliphatic rings. The van der Waals surface area contributed by atoms with Gasteiger partial charge in [-0.3, -0.25) is 0 Å². The van der Waals surface area contributed by atoms with Crippen LogP contribution in [0.2, 0.25) is 0 Å². The van der Waals surface area contributed by atoms with Crippen molar-refractivity contribution in [2.45, 2.75) is 50.8 Å². The first-order valence-electron chi connectivity index (χ1n) is 6.36. The summed E-state index contributed by atoms with van der Waals surface area (Å²) in [4.78, 5) is 0. The number of hydrogen-bond acceptors (Lipinski definition) is 2. The second-order valence-electron chi connectivity index (χ2n) is 4.90. The number of aliphatic hydroxyl groups excluding tert-OH is 1. The van der Waals surface area contributed by atoms with Gasteiger partial charge in [-0.2, -0.15) is 0 Å². The van der Waals surface area contributed by atoms with Gasteiger partial charge in [0.15, 0.2) is 0 Å². The van der Waals surface area contributed by atoms with Crippen LogP contribution in [-0.2, 0) is 0 Å². The topological polar surface area (TPSA) is 32.3 Å². The van der Waals surface area contributed by atoms with E-state index in [1.54, 1.807) is 0 Å². The first kappa shape index (κ1) is 13.1. The number of hydrogen-bond donors (Lipinski definition) is 2. The van der Waals surface area contributed by atoms with Crippen molar-refractivity contribution in [3.05, 3.63) is 34.3 Å². The summed E-state index contributed by atoms with van der Waals surface area (Å²) in [6.45, 7) is 2.16. The molecule has 0 spiro atoms. The van der Waals surface area contributed by atoms with Gasteiger partial charge in [0.25, 0.3) is 0 Å². The van der Waals surface area contributed by atoms with E-state index in [2.05, 4.69) is 46.4 Å². The standard InChI is InChI=1S/C14H20BrNO/c1-10(11-5-4-6-12(15)9-11)16-13-7-2-3-8-14(13)17/h4-6,9-10,13-14,16-17H,2-3,7-8H2,1H3/t10-,13+,14+/m0/s1. The summed E-state index contributed by atoms with van der Waals surface area (Å²) in [5.74, 6) is 0. The van der Waals surface area contributed by atoms with E-state index in [1.165, 1.54) is 12.0 Å². The van der Waals surface area contributed by atoms with Gasteiger partial charge in [-0.1, -0.05) is 40.9 Å². The van der Waals surface area contributed by atoms with Crippen molar-refractivity contribution in [2.24, 2.45) is 0 Å². The highest BCUT2D eigenvalue weighted by Gasteiger charge is 2.24.